The molecular weight excluding hydrogens is 212 g/mol. The van der Waals surface area contributed by atoms with E-state index in [1.54, 1.807) is 4.90 Å². The Balaban J connectivity index is 2.25. The second-order valence-electron chi connectivity index (χ2n) is 3.74. The topological polar surface area (TPSA) is 78.9 Å². The number of carbonyl (C=O) groups is 2. The Morgan fingerprint density at radius 1 is 1.44 bits per heavy atom. The summed E-state index contributed by atoms with van der Waals surface area (Å²) in [6.07, 6.45) is 0.341. The summed E-state index contributed by atoms with van der Waals surface area (Å²) >= 11 is 0. The first-order valence-corrected chi connectivity index (χ1v) is 5.48. The number of nitrogens with zero attached hydrogens (tertiary/aromatic N) is 1. The third-order valence-electron chi connectivity index (χ3n) is 2.60. The van der Waals surface area contributed by atoms with Crippen LogP contribution in [-0.4, -0.2) is 54.4 Å². The Kier molecular flexibility index (Phi) is 5.04. The average molecular weight is 230 g/mol. The molecule has 0 aromatic rings. The molecule has 2 amide bonds. The molecule has 1 rings (SSSR count). The fourth-order valence-corrected chi connectivity index (χ4v) is 1.73. The molecule has 0 radical (unpaired) electrons. The molecule has 0 unspecified atom stereocenters. The van der Waals surface area contributed by atoms with Gasteiger partial charge in [-0.3, -0.25) is 4.79 Å². The summed E-state index contributed by atoms with van der Waals surface area (Å²) in [5.41, 5.74) is 0. The predicted octanol–water partition coefficient (Wildman–Crippen LogP) is 0.282. The van der Waals surface area contributed by atoms with Crippen LogP contribution in [0.1, 0.15) is 19.8 Å². The van der Waals surface area contributed by atoms with Crippen molar-refractivity contribution >= 4 is 12.0 Å². The van der Waals surface area contributed by atoms with E-state index in [1.165, 1.54) is 0 Å². The normalized spacial score (nSPS) is 17.2. The van der Waals surface area contributed by atoms with Crippen LogP contribution in [0, 0.1) is 0 Å². The fourth-order valence-electron chi connectivity index (χ4n) is 1.73. The van der Waals surface area contributed by atoms with Crippen LogP contribution < -0.4 is 5.32 Å². The molecule has 6 heteroatoms. The van der Waals surface area contributed by atoms with Crippen molar-refractivity contribution in [3.63, 3.8) is 0 Å². The van der Waals surface area contributed by atoms with Gasteiger partial charge in [-0.1, -0.05) is 0 Å². The number of piperidine rings is 1. The van der Waals surface area contributed by atoms with Crippen molar-refractivity contribution in [3.05, 3.63) is 0 Å². The molecule has 2 N–H and O–H groups in total. The number of rotatable bonds is 4. The maximum atomic E-state index is 11.6. The molecule has 92 valence electrons. The lowest BCUT2D eigenvalue weighted by Crippen LogP contribution is -2.47. The number of likely N-dealkylation sites (tertiary alicyclic amines) is 1. The Morgan fingerprint density at radius 2 is 2.06 bits per heavy atom. The Hall–Kier alpha value is -1.30. The van der Waals surface area contributed by atoms with Gasteiger partial charge in [-0.05, 0) is 19.8 Å². The van der Waals surface area contributed by atoms with Gasteiger partial charge in [0.2, 0.25) is 5.91 Å². The molecule has 0 aliphatic carbocycles. The summed E-state index contributed by atoms with van der Waals surface area (Å²) in [6.45, 7) is 3.68. The van der Waals surface area contributed by atoms with Crippen LogP contribution in [0.5, 0.6) is 0 Å². The highest BCUT2D eigenvalue weighted by Crippen LogP contribution is 2.10. The van der Waals surface area contributed by atoms with E-state index in [1.807, 2.05) is 6.92 Å². The Bertz CT molecular complexity index is 249. The summed E-state index contributed by atoms with van der Waals surface area (Å²) in [4.78, 5) is 23.7. The zero-order valence-corrected chi connectivity index (χ0v) is 9.44. The highest BCUT2D eigenvalue weighted by Gasteiger charge is 2.23. The average Bonchev–Trinajstić information content (AvgIpc) is 2.26. The van der Waals surface area contributed by atoms with Crippen LogP contribution in [0.4, 0.5) is 4.79 Å². The molecule has 1 fully saturated rings. The zero-order valence-electron chi connectivity index (χ0n) is 9.44. The van der Waals surface area contributed by atoms with E-state index in [0.717, 1.165) is 0 Å². The van der Waals surface area contributed by atoms with Gasteiger partial charge in [0.25, 0.3) is 0 Å². The molecule has 1 heterocycles. The van der Waals surface area contributed by atoms with Crippen molar-refractivity contribution in [2.24, 2.45) is 0 Å². The van der Waals surface area contributed by atoms with Crippen molar-refractivity contribution in [1.82, 2.24) is 10.2 Å². The summed E-state index contributed by atoms with van der Waals surface area (Å²) in [7, 11) is 0. The van der Waals surface area contributed by atoms with E-state index in [-0.39, 0.29) is 18.6 Å². The number of ether oxygens (including phenoxy) is 1. The molecule has 1 saturated heterocycles. The van der Waals surface area contributed by atoms with Gasteiger partial charge in [0, 0.05) is 25.7 Å². The van der Waals surface area contributed by atoms with E-state index < -0.39 is 6.09 Å². The summed E-state index contributed by atoms with van der Waals surface area (Å²) in [5.74, 6) is -0.0179. The lowest BCUT2D eigenvalue weighted by Gasteiger charge is -2.31. The van der Waals surface area contributed by atoms with Crippen LogP contribution in [-0.2, 0) is 9.53 Å². The Morgan fingerprint density at radius 3 is 2.56 bits per heavy atom. The molecule has 1 aliphatic rings. The van der Waals surface area contributed by atoms with Crippen molar-refractivity contribution in [2.45, 2.75) is 25.8 Å². The first-order valence-electron chi connectivity index (χ1n) is 5.48. The molecule has 0 saturated carbocycles. The van der Waals surface area contributed by atoms with E-state index in [0.29, 0.717) is 32.5 Å². The minimum Gasteiger partial charge on any atom is -0.465 e. The van der Waals surface area contributed by atoms with Gasteiger partial charge in [-0.15, -0.1) is 0 Å². The van der Waals surface area contributed by atoms with Gasteiger partial charge in [-0.2, -0.15) is 0 Å². The number of amides is 2. The minimum absolute atomic E-state index is 0.0179. The third-order valence-corrected chi connectivity index (χ3v) is 2.60. The van der Waals surface area contributed by atoms with Gasteiger partial charge < -0.3 is 20.1 Å². The van der Waals surface area contributed by atoms with Crippen LogP contribution in [0.2, 0.25) is 0 Å². The maximum Gasteiger partial charge on any atom is 0.404 e. The van der Waals surface area contributed by atoms with Gasteiger partial charge >= 0.3 is 6.09 Å². The van der Waals surface area contributed by atoms with Crippen LogP contribution in [0.25, 0.3) is 0 Å². The summed E-state index contributed by atoms with van der Waals surface area (Å²) in [6, 6.07) is -0.0337. The zero-order chi connectivity index (χ0) is 12.0. The maximum absolute atomic E-state index is 11.6. The van der Waals surface area contributed by atoms with Crippen molar-refractivity contribution in [3.8, 4) is 0 Å². The van der Waals surface area contributed by atoms with Crippen LogP contribution in [0.15, 0.2) is 0 Å². The van der Waals surface area contributed by atoms with E-state index in [2.05, 4.69) is 5.32 Å². The van der Waals surface area contributed by atoms with Crippen molar-refractivity contribution in [1.29, 1.82) is 0 Å². The minimum atomic E-state index is -1.00. The van der Waals surface area contributed by atoms with Gasteiger partial charge in [-0.25, -0.2) is 4.79 Å². The fraction of sp³-hybridized carbons (Fsp3) is 0.800. The molecule has 0 spiro atoms. The molecule has 16 heavy (non-hydrogen) atoms. The second-order valence-corrected chi connectivity index (χ2v) is 3.74. The highest BCUT2D eigenvalue weighted by atomic mass is 16.5. The van der Waals surface area contributed by atoms with E-state index in [4.69, 9.17) is 9.84 Å². The molecule has 0 aromatic carbocycles. The van der Waals surface area contributed by atoms with Gasteiger partial charge in [0.05, 0.1) is 0 Å². The Labute approximate surface area is 94.6 Å². The largest absolute Gasteiger partial charge is 0.465 e. The predicted molar refractivity (Wildman–Crippen MR) is 57.3 cm³/mol. The SMILES string of the molecule is CCOCC(=O)N1CCC(NC(=O)O)CC1. The number of carbonyl (C=O) groups excluding carboxylic acids is 1. The smallest absolute Gasteiger partial charge is 0.404 e. The molecule has 0 aromatic heterocycles. The second kappa shape index (κ2) is 6.32. The van der Waals surface area contributed by atoms with E-state index >= 15 is 0 Å². The molecule has 0 bridgehead atoms. The van der Waals surface area contributed by atoms with Crippen molar-refractivity contribution in [2.75, 3.05) is 26.3 Å². The van der Waals surface area contributed by atoms with Gasteiger partial charge in [0.1, 0.15) is 6.61 Å². The van der Waals surface area contributed by atoms with Crippen LogP contribution in [0.3, 0.4) is 0 Å². The highest BCUT2D eigenvalue weighted by molar-refractivity contribution is 5.77. The van der Waals surface area contributed by atoms with Crippen LogP contribution >= 0.6 is 0 Å². The monoisotopic (exact) mass is 230 g/mol. The first kappa shape index (κ1) is 12.8. The standard InChI is InChI=1S/C10H18N2O4/c1-2-16-7-9(13)12-5-3-8(4-6-12)11-10(14)15/h8,11H,2-7H2,1H3,(H,14,15). The summed E-state index contributed by atoms with van der Waals surface area (Å²) < 4.78 is 5.04. The number of nitrogens with one attached hydrogen (secondary N) is 1. The molecule has 6 nitrogen and oxygen atoms in total. The first-order chi connectivity index (χ1) is 7.63. The number of hydrogen-bond donors (Lipinski definition) is 2. The number of hydrogen-bond acceptors (Lipinski definition) is 3. The van der Waals surface area contributed by atoms with Crippen molar-refractivity contribution < 1.29 is 19.4 Å². The van der Waals surface area contributed by atoms with Gasteiger partial charge in [0.15, 0.2) is 0 Å². The summed E-state index contributed by atoms with van der Waals surface area (Å²) in [5, 5.41) is 11.0. The third kappa shape index (κ3) is 4.06. The number of carboxylic acid groups (broad SMARTS) is 1. The van der Waals surface area contributed by atoms with E-state index in [9.17, 15) is 9.59 Å². The lowest BCUT2D eigenvalue weighted by atomic mass is 10.1. The quantitative estimate of drug-likeness (QED) is 0.727. The molecular formula is C10H18N2O4. The molecule has 1 aliphatic heterocycles. The molecule has 0 atom stereocenters. The lowest BCUT2D eigenvalue weighted by molar-refractivity contribution is -0.137.